The fourth-order valence-corrected chi connectivity index (χ4v) is 4.30. The first-order valence-electron chi connectivity index (χ1n) is 7.51. The summed E-state index contributed by atoms with van der Waals surface area (Å²) in [6.45, 7) is 4.06. The highest BCUT2D eigenvalue weighted by Crippen LogP contribution is 2.22. The summed E-state index contributed by atoms with van der Waals surface area (Å²) in [5.41, 5.74) is 0.931. The van der Waals surface area contributed by atoms with Crippen LogP contribution < -0.4 is 5.32 Å². The number of aromatic nitrogens is 1. The van der Waals surface area contributed by atoms with Crippen molar-refractivity contribution in [2.75, 3.05) is 11.1 Å². The minimum absolute atomic E-state index is 0.0861. The number of rotatable bonds is 7. The second-order valence-corrected chi connectivity index (χ2v) is 9.06. The van der Waals surface area contributed by atoms with Gasteiger partial charge in [0.1, 0.15) is 0 Å². The molecule has 0 fully saturated rings. The highest BCUT2D eigenvalue weighted by atomic mass is 35.5. The van der Waals surface area contributed by atoms with Gasteiger partial charge in [0.2, 0.25) is 5.91 Å². The molecule has 0 radical (unpaired) electrons. The first-order valence-corrected chi connectivity index (χ1v) is 10.4. The van der Waals surface area contributed by atoms with Gasteiger partial charge in [-0.1, -0.05) is 25.4 Å². The molecule has 8 heteroatoms. The van der Waals surface area contributed by atoms with E-state index in [1.165, 1.54) is 35.6 Å². The highest BCUT2D eigenvalue weighted by molar-refractivity contribution is 7.91. The fourth-order valence-electron chi connectivity index (χ4n) is 1.97. The van der Waals surface area contributed by atoms with E-state index in [9.17, 15) is 13.2 Å². The quantitative estimate of drug-likeness (QED) is 0.776. The van der Waals surface area contributed by atoms with Crippen LogP contribution in [0.4, 0.5) is 5.13 Å². The van der Waals surface area contributed by atoms with Crippen molar-refractivity contribution in [2.24, 2.45) is 0 Å². The Morgan fingerprint density at radius 3 is 2.54 bits per heavy atom. The summed E-state index contributed by atoms with van der Waals surface area (Å²) in [6.07, 6.45) is 0.378. The Bertz CT molecular complexity index is 799. The predicted molar refractivity (Wildman–Crippen MR) is 97.6 cm³/mol. The van der Waals surface area contributed by atoms with Crippen LogP contribution in [0, 0.1) is 0 Å². The second kappa shape index (κ2) is 8.09. The average molecular weight is 387 g/mol. The van der Waals surface area contributed by atoms with Gasteiger partial charge in [0.15, 0.2) is 15.0 Å². The molecule has 0 atom stereocenters. The lowest BCUT2D eigenvalue weighted by atomic mass is 10.2. The van der Waals surface area contributed by atoms with Crippen LogP contribution in [-0.2, 0) is 14.6 Å². The predicted octanol–water partition coefficient (Wildman–Crippen LogP) is 4.11. The van der Waals surface area contributed by atoms with Crippen molar-refractivity contribution < 1.29 is 13.2 Å². The molecule has 130 valence electrons. The molecule has 0 saturated heterocycles. The molecule has 0 aliphatic heterocycles. The van der Waals surface area contributed by atoms with Gasteiger partial charge in [0.25, 0.3) is 0 Å². The van der Waals surface area contributed by atoms with E-state index in [-0.39, 0.29) is 29.4 Å². The molecule has 1 aromatic carbocycles. The van der Waals surface area contributed by atoms with E-state index in [1.807, 2.05) is 19.2 Å². The second-order valence-electron chi connectivity index (χ2n) is 5.66. The number of hydrogen-bond donors (Lipinski definition) is 1. The number of nitrogens with zero attached hydrogens (tertiary/aromatic N) is 1. The summed E-state index contributed by atoms with van der Waals surface area (Å²) in [7, 11) is -3.40. The van der Waals surface area contributed by atoms with E-state index in [2.05, 4.69) is 10.3 Å². The average Bonchev–Trinajstić information content (AvgIpc) is 2.96. The molecule has 0 saturated carbocycles. The number of carbonyl (C=O) groups excluding carboxylic acids is 1. The number of amides is 1. The van der Waals surface area contributed by atoms with Crippen molar-refractivity contribution in [1.29, 1.82) is 0 Å². The maximum atomic E-state index is 12.2. The van der Waals surface area contributed by atoms with Gasteiger partial charge in [-0.05, 0) is 36.6 Å². The van der Waals surface area contributed by atoms with Crippen molar-refractivity contribution in [3.63, 3.8) is 0 Å². The van der Waals surface area contributed by atoms with Gasteiger partial charge in [-0.2, -0.15) is 0 Å². The largest absolute Gasteiger partial charge is 0.302 e. The molecule has 0 spiro atoms. The topological polar surface area (TPSA) is 76.1 Å². The Hall–Kier alpha value is -1.44. The number of carbonyl (C=O) groups is 1. The third-order valence-corrected chi connectivity index (χ3v) is 6.19. The zero-order valence-electron chi connectivity index (χ0n) is 13.5. The maximum Gasteiger partial charge on any atom is 0.226 e. The van der Waals surface area contributed by atoms with Crippen LogP contribution in [0.1, 0.15) is 38.3 Å². The molecule has 1 amide bonds. The molecule has 5 nitrogen and oxygen atoms in total. The summed E-state index contributed by atoms with van der Waals surface area (Å²) in [5, 5.41) is 5.64. The molecular formula is C16H19ClN2O3S2. The number of sulfone groups is 1. The zero-order valence-corrected chi connectivity index (χ0v) is 15.8. The third-order valence-electron chi connectivity index (χ3n) is 3.35. The van der Waals surface area contributed by atoms with Crippen molar-refractivity contribution in [2.45, 2.75) is 37.5 Å². The van der Waals surface area contributed by atoms with Gasteiger partial charge >= 0.3 is 0 Å². The summed E-state index contributed by atoms with van der Waals surface area (Å²) in [5.74, 6) is -0.0145. The Morgan fingerprint density at radius 2 is 1.96 bits per heavy atom. The minimum Gasteiger partial charge on any atom is -0.302 e. The van der Waals surface area contributed by atoms with Crippen molar-refractivity contribution in [3.8, 4) is 0 Å². The molecule has 0 aliphatic carbocycles. The van der Waals surface area contributed by atoms with Crippen LogP contribution in [0.25, 0.3) is 0 Å². The molecule has 2 aromatic rings. The first-order chi connectivity index (χ1) is 11.3. The molecule has 1 heterocycles. The van der Waals surface area contributed by atoms with Gasteiger partial charge in [-0.15, -0.1) is 11.3 Å². The lowest BCUT2D eigenvalue weighted by Gasteiger charge is -2.05. The van der Waals surface area contributed by atoms with E-state index in [1.54, 1.807) is 0 Å². The number of nitrogens with one attached hydrogen (secondary N) is 1. The number of benzene rings is 1. The van der Waals surface area contributed by atoms with Crippen LogP contribution in [0.3, 0.4) is 0 Å². The number of anilines is 1. The number of halogens is 1. The van der Waals surface area contributed by atoms with Crippen LogP contribution in [0.5, 0.6) is 0 Å². The minimum atomic E-state index is -3.40. The number of hydrogen-bond acceptors (Lipinski definition) is 5. The lowest BCUT2D eigenvalue weighted by molar-refractivity contribution is -0.116. The molecule has 24 heavy (non-hydrogen) atoms. The molecular weight excluding hydrogens is 368 g/mol. The van der Waals surface area contributed by atoms with E-state index < -0.39 is 9.84 Å². The Balaban J connectivity index is 1.84. The molecule has 0 unspecified atom stereocenters. The first kappa shape index (κ1) is 18.9. The van der Waals surface area contributed by atoms with Crippen LogP contribution in [0.2, 0.25) is 5.02 Å². The summed E-state index contributed by atoms with van der Waals surface area (Å²) in [6, 6.07) is 6.02. The van der Waals surface area contributed by atoms with Crippen molar-refractivity contribution >= 4 is 43.8 Å². The standard InChI is InChI=1S/C16H19ClN2O3S2/c1-11(2)14-10-23-16(18-14)19-15(20)4-3-9-24(21,22)13-7-5-12(17)6-8-13/h5-8,10-11H,3-4,9H2,1-2H3,(H,18,19,20). The van der Waals surface area contributed by atoms with Gasteiger partial charge in [0.05, 0.1) is 16.3 Å². The third kappa shape index (κ3) is 5.29. The maximum absolute atomic E-state index is 12.2. The zero-order chi connectivity index (χ0) is 17.7. The molecule has 1 N–H and O–H groups in total. The SMILES string of the molecule is CC(C)c1csc(NC(=O)CCCS(=O)(=O)c2ccc(Cl)cc2)n1. The monoisotopic (exact) mass is 386 g/mol. The van der Waals surface area contributed by atoms with Crippen LogP contribution in [0.15, 0.2) is 34.5 Å². The Kier molecular flexibility index (Phi) is 6.37. The van der Waals surface area contributed by atoms with Crippen molar-refractivity contribution in [1.82, 2.24) is 4.98 Å². The Labute approximate surface area is 151 Å². The van der Waals surface area contributed by atoms with E-state index >= 15 is 0 Å². The molecule has 2 rings (SSSR count). The van der Waals surface area contributed by atoms with Crippen LogP contribution >= 0.6 is 22.9 Å². The van der Waals surface area contributed by atoms with Crippen LogP contribution in [-0.4, -0.2) is 25.1 Å². The molecule has 0 aliphatic rings. The molecule has 1 aromatic heterocycles. The van der Waals surface area contributed by atoms with E-state index in [0.29, 0.717) is 16.1 Å². The van der Waals surface area contributed by atoms with Gasteiger partial charge < -0.3 is 5.32 Å². The smallest absolute Gasteiger partial charge is 0.226 e. The lowest BCUT2D eigenvalue weighted by Crippen LogP contribution is -2.14. The van der Waals surface area contributed by atoms with Gasteiger partial charge in [0, 0.05) is 16.8 Å². The van der Waals surface area contributed by atoms with Crippen molar-refractivity contribution in [3.05, 3.63) is 40.4 Å². The van der Waals surface area contributed by atoms with Gasteiger partial charge in [-0.3, -0.25) is 4.79 Å². The molecule has 0 bridgehead atoms. The summed E-state index contributed by atoms with van der Waals surface area (Å²) < 4.78 is 24.4. The normalized spacial score (nSPS) is 11.7. The fraction of sp³-hybridized carbons (Fsp3) is 0.375. The highest BCUT2D eigenvalue weighted by Gasteiger charge is 2.15. The van der Waals surface area contributed by atoms with E-state index in [4.69, 9.17) is 11.6 Å². The van der Waals surface area contributed by atoms with Gasteiger partial charge in [-0.25, -0.2) is 13.4 Å². The summed E-state index contributed by atoms with van der Waals surface area (Å²) in [4.78, 5) is 16.4. The number of thiazole rings is 1. The Morgan fingerprint density at radius 1 is 1.29 bits per heavy atom. The van der Waals surface area contributed by atoms with E-state index in [0.717, 1.165) is 5.69 Å². The summed E-state index contributed by atoms with van der Waals surface area (Å²) >= 11 is 7.12.